The molecule has 3 aromatic rings. The maximum atomic E-state index is 10.3. The molecule has 22 heavy (non-hydrogen) atoms. The fraction of sp³-hybridized carbons (Fsp3) is 0.200. The highest BCUT2D eigenvalue weighted by Gasteiger charge is 2.26. The quantitative estimate of drug-likeness (QED) is 0.750. The summed E-state index contributed by atoms with van der Waals surface area (Å²) in [6.45, 7) is 1.80. The van der Waals surface area contributed by atoms with Crippen molar-refractivity contribution in [3.8, 4) is 11.4 Å². The molecule has 1 atom stereocenters. The van der Waals surface area contributed by atoms with Crippen LogP contribution in [0.1, 0.15) is 12.7 Å². The molecule has 0 amide bonds. The zero-order valence-electron chi connectivity index (χ0n) is 11.8. The second-order valence-corrected chi connectivity index (χ2v) is 5.47. The standard InChI is InChI=1S/C15H14ClN3O3/c1-15(20,12-6-3-7-21-12)9-17-14-18-13(19-22-14)10-4-2-5-11(16)8-10/h2-8,20H,9H2,1H3,(H,17,18,19). The topological polar surface area (TPSA) is 84.3 Å². The summed E-state index contributed by atoms with van der Waals surface area (Å²) in [4.78, 5) is 4.22. The fourth-order valence-electron chi connectivity index (χ4n) is 1.96. The monoisotopic (exact) mass is 319 g/mol. The van der Waals surface area contributed by atoms with Crippen molar-refractivity contribution in [2.75, 3.05) is 11.9 Å². The average Bonchev–Trinajstić information content (AvgIpc) is 3.17. The molecule has 0 saturated heterocycles. The van der Waals surface area contributed by atoms with Gasteiger partial charge in [0.25, 0.3) is 0 Å². The first-order chi connectivity index (χ1) is 10.5. The minimum Gasteiger partial charge on any atom is -0.466 e. The van der Waals surface area contributed by atoms with Crippen molar-refractivity contribution in [1.82, 2.24) is 10.1 Å². The van der Waals surface area contributed by atoms with E-state index >= 15 is 0 Å². The molecule has 0 fully saturated rings. The van der Waals surface area contributed by atoms with Gasteiger partial charge in [-0.1, -0.05) is 28.9 Å². The molecule has 0 aliphatic heterocycles. The molecule has 1 aromatic carbocycles. The van der Waals surface area contributed by atoms with E-state index in [9.17, 15) is 5.11 Å². The number of nitrogens with one attached hydrogen (secondary N) is 1. The lowest BCUT2D eigenvalue weighted by atomic mass is 10.0. The van der Waals surface area contributed by atoms with Crippen molar-refractivity contribution in [2.45, 2.75) is 12.5 Å². The van der Waals surface area contributed by atoms with Crippen LogP contribution in [0.25, 0.3) is 11.4 Å². The number of halogens is 1. The van der Waals surface area contributed by atoms with Crippen molar-refractivity contribution in [2.24, 2.45) is 0 Å². The third-order valence-corrected chi connectivity index (χ3v) is 3.38. The van der Waals surface area contributed by atoms with Crippen LogP contribution in [-0.2, 0) is 5.60 Å². The lowest BCUT2D eigenvalue weighted by Crippen LogP contribution is -2.30. The smallest absolute Gasteiger partial charge is 0.321 e. The maximum absolute atomic E-state index is 10.3. The molecule has 1 unspecified atom stereocenters. The van der Waals surface area contributed by atoms with Crippen LogP contribution in [0, 0.1) is 0 Å². The van der Waals surface area contributed by atoms with Gasteiger partial charge in [0.2, 0.25) is 5.82 Å². The highest BCUT2D eigenvalue weighted by Crippen LogP contribution is 2.23. The molecule has 2 aromatic heterocycles. The zero-order valence-corrected chi connectivity index (χ0v) is 12.5. The summed E-state index contributed by atoms with van der Waals surface area (Å²) in [6.07, 6.45) is 1.51. The summed E-state index contributed by atoms with van der Waals surface area (Å²) < 4.78 is 10.3. The van der Waals surface area contributed by atoms with Crippen LogP contribution < -0.4 is 5.32 Å². The summed E-state index contributed by atoms with van der Waals surface area (Å²) >= 11 is 5.93. The zero-order chi connectivity index (χ0) is 15.6. The van der Waals surface area contributed by atoms with Gasteiger partial charge in [-0.05, 0) is 31.2 Å². The SMILES string of the molecule is CC(O)(CNc1nc(-c2cccc(Cl)c2)no1)c1ccco1. The number of aromatic nitrogens is 2. The Morgan fingerprint density at radius 2 is 2.18 bits per heavy atom. The Kier molecular flexibility index (Phi) is 3.87. The Hall–Kier alpha value is -2.31. The summed E-state index contributed by atoms with van der Waals surface area (Å²) in [6, 6.07) is 10.8. The minimum absolute atomic E-state index is 0.164. The van der Waals surface area contributed by atoms with Crippen molar-refractivity contribution in [1.29, 1.82) is 0 Å². The Balaban J connectivity index is 1.70. The van der Waals surface area contributed by atoms with E-state index in [0.29, 0.717) is 16.6 Å². The first-order valence-corrected chi connectivity index (χ1v) is 7.02. The van der Waals surface area contributed by atoms with Crippen molar-refractivity contribution < 1.29 is 14.0 Å². The highest BCUT2D eigenvalue weighted by molar-refractivity contribution is 6.30. The fourth-order valence-corrected chi connectivity index (χ4v) is 2.15. The van der Waals surface area contributed by atoms with Crippen LogP contribution in [0.15, 0.2) is 51.6 Å². The van der Waals surface area contributed by atoms with E-state index in [-0.39, 0.29) is 12.6 Å². The third kappa shape index (κ3) is 3.13. The van der Waals surface area contributed by atoms with Crippen molar-refractivity contribution in [3.05, 3.63) is 53.4 Å². The highest BCUT2D eigenvalue weighted by atomic mass is 35.5. The van der Waals surface area contributed by atoms with E-state index in [1.165, 1.54) is 6.26 Å². The normalized spacial score (nSPS) is 13.8. The third-order valence-electron chi connectivity index (χ3n) is 3.14. The number of benzene rings is 1. The number of nitrogens with zero attached hydrogens (tertiary/aromatic N) is 2. The van der Waals surface area contributed by atoms with Crippen molar-refractivity contribution in [3.63, 3.8) is 0 Å². The minimum atomic E-state index is -1.19. The van der Waals surface area contributed by atoms with E-state index in [0.717, 1.165) is 5.56 Å². The summed E-state index contributed by atoms with van der Waals surface area (Å²) in [5.74, 6) is 0.872. The van der Waals surface area contributed by atoms with Crippen LogP contribution >= 0.6 is 11.6 Å². The van der Waals surface area contributed by atoms with E-state index in [1.54, 1.807) is 31.2 Å². The summed E-state index contributed by atoms with van der Waals surface area (Å²) in [5.41, 5.74) is -0.434. The van der Waals surface area contributed by atoms with Gasteiger partial charge in [0.05, 0.1) is 12.8 Å². The average molecular weight is 320 g/mol. The van der Waals surface area contributed by atoms with Crippen LogP contribution in [-0.4, -0.2) is 21.8 Å². The lowest BCUT2D eigenvalue weighted by Gasteiger charge is -2.20. The molecule has 0 saturated carbocycles. The number of hydrogen-bond donors (Lipinski definition) is 2. The van der Waals surface area contributed by atoms with Crippen LogP contribution in [0.2, 0.25) is 5.02 Å². The van der Waals surface area contributed by atoms with Gasteiger partial charge in [-0.25, -0.2) is 0 Å². The number of rotatable bonds is 5. The van der Waals surface area contributed by atoms with Gasteiger partial charge in [-0.2, -0.15) is 4.98 Å². The second-order valence-electron chi connectivity index (χ2n) is 5.04. The molecule has 3 rings (SSSR count). The van der Waals surface area contributed by atoms with Gasteiger partial charge < -0.3 is 19.4 Å². The first kappa shape index (κ1) is 14.6. The number of anilines is 1. The molecule has 0 aliphatic carbocycles. The molecular formula is C15H14ClN3O3. The second kappa shape index (κ2) is 5.82. The molecule has 6 nitrogen and oxygen atoms in total. The number of furan rings is 1. The lowest BCUT2D eigenvalue weighted by molar-refractivity contribution is 0.0470. The molecule has 0 bridgehead atoms. The Morgan fingerprint density at radius 3 is 2.91 bits per heavy atom. The molecule has 0 radical (unpaired) electrons. The Morgan fingerprint density at radius 1 is 1.32 bits per heavy atom. The van der Waals surface area contributed by atoms with Gasteiger partial charge in [0.15, 0.2) is 0 Å². The molecule has 7 heteroatoms. The van der Waals surface area contributed by atoms with Gasteiger partial charge in [0.1, 0.15) is 11.4 Å². The van der Waals surface area contributed by atoms with Crippen LogP contribution in [0.5, 0.6) is 0 Å². The molecule has 0 spiro atoms. The van der Waals surface area contributed by atoms with Crippen LogP contribution in [0.3, 0.4) is 0 Å². The first-order valence-electron chi connectivity index (χ1n) is 6.64. The van der Waals surface area contributed by atoms with Gasteiger partial charge in [-0.3, -0.25) is 0 Å². The molecule has 2 N–H and O–H groups in total. The number of aliphatic hydroxyl groups is 1. The molecule has 2 heterocycles. The molecule has 114 valence electrons. The summed E-state index contributed by atoms with van der Waals surface area (Å²) in [5, 5.41) is 17.7. The predicted octanol–water partition coefficient (Wildman–Crippen LogP) is 3.30. The summed E-state index contributed by atoms with van der Waals surface area (Å²) in [7, 11) is 0. The van der Waals surface area contributed by atoms with Crippen LogP contribution in [0.4, 0.5) is 6.01 Å². The van der Waals surface area contributed by atoms with E-state index < -0.39 is 5.60 Å². The molecular weight excluding hydrogens is 306 g/mol. The van der Waals surface area contributed by atoms with Gasteiger partial charge in [-0.15, -0.1) is 0 Å². The predicted molar refractivity (Wildman–Crippen MR) is 81.5 cm³/mol. The van der Waals surface area contributed by atoms with Gasteiger partial charge >= 0.3 is 6.01 Å². The Labute approximate surface area is 131 Å². The Bertz CT molecular complexity index is 753. The van der Waals surface area contributed by atoms with E-state index in [2.05, 4.69) is 15.5 Å². The maximum Gasteiger partial charge on any atom is 0.321 e. The van der Waals surface area contributed by atoms with Crippen molar-refractivity contribution >= 4 is 17.6 Å². The molecule has 0 aliphatic rings. The number of hydrogen-bond acceptors (Lipinski definition) is 6. The van der Waals surface area contributed by atoms with Gasteiger partial charge in [0, 0.05) is 10.6 Å². The van der Waals surface area contributed by atoms with E-state index in [4.69, 9.17) is 20.5 Å². The van der Waals surface area contributed by atoms with E-state index in [1.807, 2.05) is 12.1 Å². The largest absolute Gasteiger partial charge is 0.466 e.